The third-order valence-corrected chi connectivity index (χ3v) is 5.29. The molecule has 0 saturated carbocycles. The number of rotatable bonds is 8. The van der Waals surface area contributed by atoms with E-state index in [2.05, 4.69) is 38.8 Å². The number of nitrogens with two attached hydrogens (primary N) is 1. The van der Waals surface area contributed by atoms with Gasteiger partial charge in [0.05, 0.1) is 0 Å². The summed E-state index contributed by atoms with van der Waals surface area (Å²) in [4.78, 5) is 16.4. The number of amidine groups is 1. The molecule has 1 heterocycles. The molecule has 5 heteroatoms. The van der Waals surface area contributed by atoms with Crippen molar-refractivity contribution in [2.24, 2.45) is 16.6 Å². The largest absolute Gasteiger partial charge is 0.423 e. The van der Waals surface area contributed by atoms with Gasteiger partial charge in [0, 0.05) is 23.2 Å². The lowest BCUT2D eigenvalue weighted by Crippen LogP contribution is -2.12. The highest BCUT2D eigenvalue weighted by molar-refractivity contribution is 8.13. The molecular formula is C21H30N2O2S. The van der Waals surface area contributed by atoms with Crippen LogP contribution in [0.2, 0.25) is 0 Å². The maximum absolute atomic E-state index is 11.9. The van der Waals surface area contributed by atoms with Gasteiger partial charge in [-0.3, -0.25) is 4.99 Å². The van der Waals surface area contributed by atoms with Crippen molar-refractivity contribution >= 4 is 27.9 Å². The van der Waals surface area contributed by atoms with Crippen LogP contribution < -0.4 is 11.4 Å². The molecule has 0 unspecified atom stereocenters. The Morgan fingerprint density at radius 1 is 1.23 bits per heavy atom. The van der Waals surface area contributed by atoms with Crippen LogP contribution in [0.15, 0.2) is 38.5 Å². The van der Waals surface area contributed by atoms with E-state index in [-0.39, 0.29) is 11.7 Å². The fourth-order valence-corrected chi connectivity index (χ4v) is 3.70. The van der Waals surface area contributed by atoms with E-state index in [9.17, 15) is 4.79 Å². The second-order valence-electron chi connectivity index (χ2n) is 7.20. The molecule has 0 saturated heterocycles. The monoisotopic (exact) mass is 374 g/mol. The molecule has 4 nitrogen and oxygen atoms in total. The minimum Gasteiger partial charge on any atom is -0.423 e. The van der Waals surface area contributed by atoms with Crippen LogP contribution in [0.4, 0.5) is 0 Å². The molecule has 0 aliphatic rings. The first kappa shape index (κ1) is 20.6. The van der Waals surface area contributed by atoms with E-state index in [4.69, 9.17) is 10.2 Å². The van der Waals surface area contributed by atoms with Crippen LogP contribution in [-0.4, -0.2) is 11.2 Å². The molecular weight excluding hydrogens is 344 g/mol. The van der Waals surface area contributed by atoms with Crippen molar-refractivity contribution < 1.29 is 4.42 Å². The van der Waals surface area contributed by atoms with Crippen molar-refractivity contribution in [2.45, 2.75) is 65.2 Å². The molecule has 1 aromatic heterocycles. The highest BCUT2D eigenvalue weighted by Crippen LogP contribution is 2.23. The SMILES string of the molecule is CCc1ccc2c(CSC(N)=N[C@@H](C)CCCC(C)C)cc(=O)oc2c1. The lowest BCUT2D eigenvalue weighted by atomic mass is 10.0. The van der Waals surface area contributed by atoms with E-state index < -0.39 is 0 Å². The molecule has 0 fully saturated rings. The molecule has 0 bridgehead atoms. The number of nitrogens with zero attached hydrogens (tertiary/aromatic N) is 1. The van der Waals surface area contributed by atoms with Gasteiger partial charge in [-0.05, 0) is 42.9 Å². The summed E-state index contributed by atoms with van der Waals surface area (Å²) in [5.41, 5.74) is 8.51. The summed E-state index contributed by atoms with van der Waals surface area (Å²) in [6.45, 7) is 8.66. The van der Waals surface area contributed by atoms with Crippen molar-refractivity contribution in [2.75, 3.05) is 0 Å². The quantitative estimate of drug-likeness (QED) is 0.396. The zero-order chi connectivity index (χ0) is 19.1. The van der Waals surface area contributed by atoms with Crippen LogP contribution in [0.25, 0.3) is 11.0 Å². The van der Waals surface area contributed by atoms with Gasteiger partial charge in [0.25, 0.3) is 0 Å². The molecule has 2 rings (SSSR count). The van der Waals surface area contributed by atoms with Gasteiger partial charge < -0.3 is 10.2 Å². The van der Waals surface area contributed by atoms with E-state index in [0.717, 1.165) is 35.3 Å². The van der Waals surface area contributed by atoms with Crippen molar-refractivity contribution in [3.05, 3.63) is 45.8 Å². The molecule has 2 N–H and O–H groups in total. The minimum absolute atomic E-state index is 0.228. The van der Waals surface area contributed by atoms with Crippen molar-refractivity contribution in [1.82, 2.24) is 0 Å². The fourth-order valence-electron chi connectivity index (χ4n) is 2.91. The van der Waals surface area contributed by atoms with Crippen molar-refractivity contribution in [1.29, 1.82) is 0 Å². The maximum atomic E-state index is 11.9. The Hall–Kier alpha value is -1.75. The molecule has 26 heavy (non-hydrogen) atoms. The molecule has 0 aliphatic carbocycles. The topological polar surface area (TPSA) is 68.6 Å². The zero-order valence-electron chi connectivity index (χ0n) is 16.2. The number of benzene rings is 1. The zero-order valence-corrected chi connectivity index (χ0v) is 17.1. The third kappa shape index (κ3) is 6.20. The molecule has 0 spiro atoms. The summed E-state index contributed by atoms with van der Waals surface area (Å²) in [6.07, 6.45) is 4.35. The minimum atomic E-state index is -0.320. The second-order valence-corrected chi connectivity index (χ2v) is 8.20. The first-order valence-corrected chi connectivity index (χ1v) is 10.4. The fraction of sp³-hybridized carbons (Fsp3) is 0.524. The summed E-state index contributed by atoms with van der Waals surface area (Å²) < 4.78 is 5.35. The Morgan fingerprint density at radius 2 is 2.00 bits per heavy atom. The molecule has 0 aliphatic heterocycles. The average Bonchev–Trinajstić information content (AvgIpc) is 2.58. The summed E-state index contributed by atoms with van der Waals surface area (Å²) in [6, 6.07) is 7.82. The van der Waals surface area contributed by atoms with Gasteiger partial charge in [-0.1, -0.05) is 57.5 Å². The first-order valence-electron chi connectivity index (χ1n) is 9.40. The highest BCUT2D eigenvalue weighted by Gasteiger charge is 2.09. The maximum Gasteiger partial charge on any atom is 0.336 e. The van der Waals surface area contributed by atoms with Crippen LogP contribution in [0.5, 0.6) is 0 Å². The van der Waals surface area contributed by atoms with E-state index in [1.54, 1.807) is 6.07 Å². The normalized spacial score (nSPS) is 13.5. The summed E-state index contributed by atoms with van der Waals surface area (Å²) in [5, 5.41) is 1.54. The van der Waals surface area contributed by atoms with Crippen LogP contribution in [-0.2, 0) is 12.2 Å². The van der Waals surface area contributed by atoms with Gasteiger partial charge in [-0.2, -0.15) is 0 Å². The second kappa shape index (κ2) is 9.81. The molecule has 2 aromatic rings. The highest BCUT2D eigenvalue weighted by atomic mass is 32.2. The van der Waals surface area contributed by atoms with Crippen LogP contribution in [0.1, 0.15) is 58.1 Å². The number of hydrogen-bond donors (Lipinski definition) is 1. The molecule has 142 valence electrons. The van der Waals surface area contributed by atoms with Gasteiger partial charge in [-0.25, -0.2) is 4.79 Å². The van der Waals surface area contributed by atoms with Gasteiger partial charge in [-0.15, -0.1) is 0 Å². The third-order valence-electron chi connectivity index (χ3n) is 4.43. The summed E-state index contributed by atoms with van der Waals surface area (Å²) >= 11 is 1.48. The molecule has 0 radical (unpaired) electrons. The standard InChI is InChI=1S/C21H30N2O2S/c1-5-16-9-10-18-17(12-20(24)25-19(18)11-16)13-26-21(22)23-15(4)8-6-7-14(2)3/h9-12,14-15H,5-8,13H2,1-4H3,(H2,22,23)/t15-/m0/s1. The Bertz CT molecular complexity index is 811. The molecule has 1 atom stereocenters. The van der Waals surface area contributed by atoms with Crippen LogP contribution >= 0.6 is 11.8 Å². The predicted molar refractivity (Wildman–Crippen MR) is 113 cm³/mol. The Labute approximate surface area is 160 Å². The summed E-state index contributed by atoms with van der Waals surface area (Å²) in [7, 11) is 0. The Morgan fingerprint density at radius 3 is 2.69 bits per heavy atom. The van der Waals surface area contributed by atoms with Crippen LogP contribution in [0.3, 0.4) is 0 Å². The number of hydrogen-bond acceptors (Lipinski definition) is 4. The Balaban J connectivity index is 2.04. The van der Waals surface area contributed by atoms with Gasteiger partial charge in [0.15, 0.2) is 5.17 Å². The number of aliphatic imine (C=N–C) groups is 1. The van der Waals surface area contributed by atoms with Gasteiger partial charge in [0.1, 0.15) is 5.58 Å². The molecule has 1 aromatic carbocycles. The first-order chi connectivity index (χ1) is 12.4. The lowest BCUT2D eigenvalue weighted by molar-refractivity contribution is 0.512. The lowest BCUT2D eigenvalue weighted by Gasteiger charge is -2.10. The van der Waals surface area contributed by atoms with E-state index in [1.165, 1.54) is 24.6 Å². The number of fused-ring (bicyclic) bond motifs is 1. The van der Waals surface area contributed by atoms with Crippen LogP contribution in [0, 0.1) is 5.92 Å². The molecule has 0 amide bonds. The number of thioether (sulfide) groups is 1. The smallest absolute Gasteiger partial charge is 0.336 e. The van der Waals surface area contributed by atoms with Gasteiger partial charge >= 0.3 is 5.63 Å². The van der Waals surface area contributed by atoms with E-state index in [1.807, 2.05) is 12.1 Å². The average molecular weight is 375 g/mol. The Kier molecular flexibility index (Phi) is 7.76. The summed E-state index contributed by atoms with van der Waals surface area (Å²) in [5.74, 6) is 1.34. The van der Waals surface area contributed by atoms with E-state index >= 15 is 0 Å². The van der Waals surface area contributed by atoms with Crippen molar-refractivity contribution in [3.8, 4) is 0 Å². The van der Waals surface area contributed by atoms with Gasteiger partial charge in [0.2, 0.25) is 0 Å². The van der Waals surface area contributed by atoms with E-state index in [0.29, 0.717) is 16.5 Å². The van der Waals surface area contributed by atoms with Crippen molar-refractivity contribution in [3.63, 3.8) is 0 Å². The predicted octanol–water partition coefficient (Wildman–Crippen LogP) is 5.12. The number of aryl methyl sites for hydroxylation is 1.